The van der Waals surface area contributed by atoms with Gasteiger partial charge in [0.05, 0.1) is 0 Å². The topological polar surface area (TPSA) is 3.24 Å². The van der Waals surface area contributed by atoms with Crippen molar-refractivity contribution in [1.82, 2.24) is 0 Å². The van der Waals surface area contributed by atoms with Crippen molar-refractivity contribution in [3.05, 3.63) is 71.8 Å². The van der Waals surface area contributed by atoms with E-state index in [1.54, 1.807) is 0 Å². The third-order valence-corrected chi connectivity index (χ3v) is 3.85. The van der Waals surface area contributed by atoms with Gasteiger partial charge in [-0.3, -0.25) is 0 Å². The van der Waals surface area contributed by atoms with Gasteiger partial charge in [0.15, 0.2) is 0 Å². The highest BCUT2D eigenvalue weighted by Crippen LogP contribution is 2.29. The van der Waals surface area contributed by atoms with Crippen LogP contribution in [0.15, 0.2) is 60.7 Å². The Labute approximate surface area is 120 Å². The summed E-state index contributed by atoms with van der Waals surface area (Å²) in [5, 5.41) is 2.56. The van der Waals surface area contributed by atoms with Crippen LogP contribution in [0.2, 0.25) is 0 Å². The molecule has 3 aromatic carbocycles. The van der Waals surface area contributed by atoms with Gasteiger partial charge in [-0.1, -0.05) is 42.5 Å². The summed E-state index contributed by atoms with van der Waals surface area (Å²) in [7, 11) is 2.13. The first-order chi connectivity index (χ1) is 9.65. The Morgan fingerprint density at radius 1 is 0.750 bits per heavy atom. The second-order valence-electron chi connectivity index (χ2n) is 5.38. The molecule has 0 atom stereocenters. The smallest absolute Gasteiger partial charge is 0.0440 e. The lowest BCUT2D eigenvalue weighted by Crippen LogP contribution is -2.10. The van der Waals surface area contributed by atoms with E-state index in [1.165, 1.54) is 33.3 Å². The van der Waals surface area contributed by atoms with E-state index in [0.717, 1.165) is 0 Å². The fourth-order valence-corrected chi connectivity index (χ4v) is 2.61. The van der Waals surface area contributed by atoms with E-state index in [9.17, 15) is 0 Å². The lowest BCUT2D eigenvalue weighted by Gasteiger charge is -2.22. The Morgan fingerprint density at radius 2 is 1.50 bits per heavy atom. The molecular formula is C19H19N. The standard InChI is InChI=1S/C19H19N/c1-14-8-9-15(2)19(12-14)20(3)18-11-10-16-6-4-5-7-17(16)13-18/h4-13H,1-3H3. The van der Waals surface area contributed by atoms with Crippen LogP contribution in [-0.4, -0.2) is 7.05 Å². The molecule has 3 aromatic rings. The average Bonchev–Trinajstić information content (AvgIpc) is 2.48. The maximum Gasteiger partial charge on any atom is 0.0440 e. The molecule has 0 unspecified atom stereocenters. The number of benzene rings is 3. The molecule has 0 saturated carbocycles. The van der Waals surface area contributed by atoms with Gasteiger partial charge in [-0.25, -0.2) is 0 Å². The van der Waals surface area contributed by atoms with Crippen molar-refractivity contribution in [1.29, 1.82) is 0 Å². The molecule has 0 amide bonds. The molecule has 0 fully saturated rings. The number of hydrogen-bond donors (Lipinski definition) is 0. The van der Waals surface area contributed by atoms with Crippen LogP contribution in [0.3, 0.4) is 0 Å². The highest BCUT2D eigenvalue weighted by Gasteiger charge is 2.07. The van der Waals surface area contributed by atoms with Crippen molar-refractivity contribution < 1.29 is 0 Å². The minimum absolute atomic E-state index is 1.22. The van der Waals surface area contributed by atoms with Crippen LogP contribution in [0.25, 0.3) is 10.8 Å². The van der Waals surface area contributed by atoms with Crippen molar-refractivity contribution >= 4 is 22.1 Å². The van der Waals surface area contributed by atoms with E-state index >= 15 is 0 Å². The first-order valence-corrected chi connectivity index (χ1v) is 6.95. The Kier molecular flexibility index (Phi) is 3.19. The normalized spacial score (nSPS) is 10.8. The van der Waals surface area contributed by atoms with Crippen LogP contribution in [0.1, 0.15) is 11.1 Å². The molecule has 0 heterocycles. The number of anilines is 2. The zero-order valence-corrected chi connectivity index (χ0v) is 12.2. The molecule has 0 radical (unpaired) electrons. The Balaban J connectivity index is 2.07. The molecular weight excluding hydrogens is 242 g/mol. The second-order valence-corrected chi connectivity index (χ2v) is 5.38. The second kappa shape index (κ2) is 5.01. The number of fused-ring (bicyclic) bond motifs is 1. The van der Waals surface area contributed by atoms with Crippen LogP contribution in [0.5, 0.6) is 0 Å². The fraction of sp³-hybridized carbons (Fsp3) is 0.158. The Bertz CT molecular complexity index is 759. The van der Waals surface area contributed by atoms with Gasteiger partial charge in [-0.15, -0.1) is 0 Å². The van der Waals surface area contributed by atoms with Crippen molar-refractivity contribution in [2.45, 2.75) is 13.8 Å². The number of aryl methyl sites for hydroxylation is 2. The molecule has 0 spiro atoms. The van der Waals surface area contributed by atoms with Gasteiger partial charge in [0.25, 0.3) is 0 Å². The van der Waals surface area contributed by atoms with E-state index in [2.05, 4.69) is 86.5 Å². The van der Waals surface area contributed by atoms with Crippen molar-refractivity contribution in [3.8, 4) is 0 Å². The maximum absolute atomic E-state index is 2.26. The summed E-state index contributed by atoms with van der Waals surface area (Å²) in [6.07, 6.45) is 0. The maximum atomic E-state index is 2.26. The van der Waals surface area contributed by atoms with Crippen molar-refractivity contribution in [2.75, 3.05) is 11.9 Å². The summed E-state index contributed by atoms with van der Waals surface area (Å²) in [5.41, 5.74) is 5.07. The first kappa shape index (κ1) is 12.7. The van der Waals surface area contributed by atoms with Gasteiger partial charge in [-0.2, -0.15) is 0 Å². The highest BCUT2D eigenvalue weighted by molar-refractivity contribution is 5.87. The van der Waals surface area contributed by atoms with Crippen LogP contribution in [0, 0.1) is 13.8 Å². The molecule has 0 N–H and O–H groups in total. The summed E-state index contributed by atoms with van der Waals surface area (Å²) < 4.78 is 0. The molecule has 1 heteroatoms. The van der Waals surface area contributed by atoms with E-state index in [0.29, 0.717) is 0 Å². The van der Waals surface area contributed by atoms with Gasteiger partial charge in [0.1, 0.15) is 0 Å². The van der Waals surface area contributed by atoms with Gasteiger partial charge in [-0.05, 0) is 53.9 Å². The monoisotopic (exact) mass is 261 g/mol. The molecule has 1 nitrogen and oxygen atoms in total. The van der Waals surface area contributed by atoms with E-state index in [1.807, 2.05) is 0 Å². The molecule has 0 aliphatic rings. The van der Waals surface area contributed by atoms with Crippen LogP contribution >= 0.6 is 0 Å². The van der Waals surface area contributed by atoms with E-state index < -0.39 is 0 Å². The first-order valence-electron chi connectivity index (χ1n) is 6.95. The van der Waals surface area contributed by atoms with Gasteiger partial charge in [0.2, 0.25) is 0 Å². The SMILES string of the molecule is Cc1ccc(C)c(N(C)c2ccc3ccccc3c2)c1. The zero-order chi connectivity index (χ0) is 14.1. The predicted molar refractivity (Wildman–Crippen MR) is 87.9 cm³/mol. The van der Waals surface area contributed by atoms with Crippen molar-refractivity contribution in [3.63, 3.8) is 0 Å². The third-order valence-electron chi connectivity index (χ3n) is 3.85. The quantitative estimate of drug-likeness (QED) is 0.611. The average molecular weight is 261 g/mol. The Hall–Kier alpha value is -2.28. The number of hydrogen-bond acceptors (Lipinski definition) is 1. The summed E-state index contributed by atoms with van der Waals surface area (Å²) in [6.45, 7) is 4.30. The van der Waals surface area contributed by atoms with Crippen LogP contribution in [0.4, 0.5) is 11.4 Å². The molecule has 0 aliphatic carbocycles. The molecule has 0 saturated heterocycles. The third kappa shape index (κ3) is 2.27. The van der Waals surface area contributed by atoms with Gasteiger partial charge in [0, 0.05) is 18.4 Å². The number of rotatable bonds is 2. The molecule has 20 heavy (non-hydrogen) atoms. The van der Waals surface area contributed by atoms with Crippen molar-refractivity contribution in [2.24, 2.45) is 0 Å². The lowest BCUT2D eigenvalue weighted by atomic mass is 10.1. The molecule has 0 bridgehead atoms. The Morgan fingerprint density at radius 3 is 2.30 bits per heavy atom. The molecule has 0 aliphatic heterocycles. The zero-order valence-electron chi connectivity index (χ0n) is 12.2. The minimum atomic E-state index is 1.22. The molecule has 100 valence electrons. The van der Waals surface area contributed by atoms with Gasteiger partial charge < -0.3 is 4.90 Å². The summed E-state index contributed by atoms with van der Waals surface area (Å²) in [5.74, 6) is 0. The minimum Gasteiger partial charge on any atom is -0.344 e. The molecule has 3 rings (SSSR count). The van der Waals surface area contributed by atoms with E-state index in [4.69, 9.17) is 0 Å². The number of nitrogens with zero attached hydrogens (tertiary/aromatic N) is 1. The van der Waals surface area contributed by atoms with Crippen LogP contribution < -0.4 is 4.90 Å². The molecule has 0 aromatic heterocycles. The summed E-state index contributed by atoms with van der Waals surface area (Å²) >= 11 is 0. The van der Waals surface area contributed by atoms with E-state index in [-0.39, 0.29) is 0 Å². The summed E-state index contributed by atoms with van der Waals surface area (Å²) in [4.78, 5) is 2.26. The lowest BCUT2D eigenvalue weighted by molar-refractivity contribution is 1.18. The fourth-order valence-electron chi connectivity index (χ4n) is 2.61. The van der Waals surface area contributed by atoms with Gasteiger partial charge >= 0.3 is 0 Å². The summed E-state index contributed by atoms with van der Waals surface area (Å²) in [6, 6.07) is 21.7. The van der Waals surface area contributed by atoms with Crippen LogP contribution in [-0.2, 0) is 0 Å². The predicted octanol–water partition coefficient (Wildman–Crippen LogP) is 5.22. The largest absolute Gasteiger partial charge is 0.344 e. The highest BCUT2D eigenvalue weighted by atomic mass is 15.1.